The lowest BCUT2D eigenvalue weighted by Gasteiger charge is -2.10. The average molecular weight is 314 g/mol. The van der Waals surface area contributed by atoms with Gasteiger partial charge in [0.1, 0.15) is 23.0 Å². The minimum atomic E-state index is -0.423. The smallest absolute Gasteiger partial charge is 0.256 e. The minimum absolute atomic E-state index is 0.0808. The standard InChI is InChI=1S/C16H18N4O3/c1-11-14(15(22)18-7-6-13(21)19(2)3)12(10-17)16(23-11)20-8-4-5-9-20/h4-5,8-9H,6-7H2,1-3H3,(H,18,22). The van der Waals surface area contributed by atoms with Crippen LogP contribution >= 0.6 is 0 Å². The van der Waals surface area contributed by atoms with E-state index in [4.69, 9.17) is 4.42 Å². The molecule has 2 amide bonds. The lowest BCUT2D eigenvalue weighted by atomic mass is 10.1. The van der Waals surface area contributed by atoms with E-state index in [2.05, 4.69) is 5.32 Å². The quantitative estimate of drug-likeness (QED) is 0.904. The highest BCUT2D eigenvalue weighted by Gasteiger charge is 2.24. The zero-order valence-corrected chi connectivity index (χ0v) is 13.3. The molecule has 7 nitrogen and oxygen atoms in total. The number of nitrogens with one attached hydrogen (secondary N) is 1. The Hall–Kier alpha value is -3.01. The van der Waals surface area contributed by atoms with Gasteiger partial charge < -0.3 is 14.6 Å². The lowest BCUT2D eigenvalue weighted by molar-refractivity contribution is -0.128. The molecule has 0 radical (unpaired) electrons. The molecule has 0 aliphatic heterocycles. The van der Waals surface area contributed by atoms with Gasteiger partial charge in [0.15, 0.2) is 0 Å². The molecule has 0 bridgehead atoms. The summed E-state index contributed by atoms with van der Waals surface area (Å²) in [6.45, 7) is 1.83. The van der Waals surface area contributed by atoms with Crippen LogP contribution in [0.25, 0.3) is 5.88 Å². The first-order valence-corrected chi connectivity index (χ1v) is 7.11. The number of furan rings is 1. The molecule has 23 heavy (non-hydrogen) atoms. The third-order valence-electron chi connectivity index (χ3n) is 3.37. The minimum Gasteiger partial charge on any atom is -0.443 e. The molecule has 0 saturated heterocycles. The van der Waals surface area contributed by atoms with Crippen LogP contribution in [0.4, 0.5) is 0 Å². The van der Waals surface area contributed by atoms with Crippen LogP contribution in [0.3, 0.4) is 0 Å². The van der Waals surface area contributed by atoms with Gasteiger partial charge in [0.25, 0.3) is 5.91 Å². The summed E-state index contributed by atoms with van der Waals surface area (Å²) in [4.78, 5) is 25.3. The number of rotatable bonds is 5. The van der Waals surface area contributed by atoms with Crippen LogP contribution in [-0.2, 0) is 4.79 Å². The average Bonchev–Trinajstić information content (AvgIpc) is 3.13. The SMILES string of the molecule is Cc1oc(-n2cccc2)c(C#N)c1C(=O)NCCC(=O)N(C)C. The second-order valence-corrected chi connectivity index (χ2v) is 5.21. The summed E-state index contributed by atoms with van der Waals surface area (Å²) in [6.07, 6.45) is 3.66. The fourth-order valence-electron chi connectivity index (χ4n) is 2.15. The number of carbonyl (C=O) groups is 2. The summed E-state index contributed by atoms with van der Waals surface area (Å²) in [7, 11) is 3.31. The van der Waals surface area contributed by atoms with Crippen LogP contribution in [0, 0.1) is 18.3 Å². The number of nitrogens with zero attached hydrogens (tertiary/aromatic N) is 3. The number of hydrogen-bond donors (Lipinski definition) is 1. The molecule has 0 aliphatic rings. The van der Waals surface area contributed by atoms with Gasteiger partial charge in [0.05, 0.1) is 0 Å². The van der Waals surface area contributed by atoms with Gasteiger partial charge in [-0.25, -0.2) is 0 Å². The van der Waals surface area contributed by atoms with Crippen molar-refractivity contribution in [2.75, 3.05) is 20.6 Å². The molecule has 7 heteroatoms. The molecule has 2 rings (SSSR count). The Balaban J connectivity index is 2.18. The number of aromatic nitrogens is 1. The third kappa shape index (κ3) is 3.43. The summed E-state index contributed by atoms with van der Waals surface area (Å²) in [6, 6.07) is 5.62. The van der Waals surface area contributed by atoms with Gasteiger partial charge in [-0.3, -0.25) is 14.2 Å². The normalized spacial score (nSPS) is 10.2. The van der Waals surface area contributed by atoms with Crippen molar-refractivity contribution >= 4 is 11.8 Å². The van der Waals surface area contributed by atoms with Crippen molar-refractivity contribution in [2.24, 2.45) is 0 Å². The Labute approximate surface area is 134 Å². The van der Waals surface area contributed by atoms with E-state index < -0.39 is 5.91 Å². The second kappa shape index (κ2) is 6.83. The van der Waals surface area contributed by atoms with Crippen molar-refractivity contribution in [3.05, 3.63) is 41.4 Å². The van der Waals surface area contributed by atoms with Gasteiger partial charge in [-0.2, -0.15) is 5.26 Å². The molecule has 1 N–H and O–H groups in total. The van der Waals surface area contributed by atoms with E-state index in [1.54, 1.807) is 50.1 Å². The van der Waals surface area contributed by atoms with Gasteiger partial charge >= 0.3 is 0 Å². The molecule has 0 saturated carbocycles. The van der Waals surface area contributed by atoms with Crippen molar-refractivity contribution in [1.29, 1.82) is 5.26 Å². The van der Waals surface area contributed by atoms with Gasteiger partial charge in [-0.1, -0.05) is 0 Å². The van der Waals surface area contributed by atoms with Gasteiger partial charge in [-0.05, 0) is 19.1 Å². The van der Waals surface area contributed by atoms with Crippen molar-refractivity contribution < 1.29 is 14.0 Å². The molecule has 0 spiro atoms. The Bertz CT molecular complexity index is 751. The van der Waals surface area contributed by atoms with E-state index in [0.717, 1.165) is 0 Å². The Morgan fingerprint density at radius 3 is 2.57 bits per heavy atom. The van der Waals surface area contributed by atoms with E-state index in [-0.39, 0.29) is 30.0 Å². The molecule has 0 atom stereocenters. The molecule has 120 valence electrons. The molecular weight excluding hydrogens is 296 g/mol. The Kier molecular flexibility index (Phi) is 4.86. The van der Waals surface area contributed by atoms with E-state index in [1.165, 1.54) is 4.90 Å². The summed E-state index contributed by atoms with van der Waals surface area (Å²) < 4.78 is 7.21. The zero-order valence-electron chi connectivity index (χ0n) is 13.3. The fraction of sp³-hybridized carbons (Fsp3) is 0.312. The third-order valence-corrected chi connectivity index (χ3v) is 3.37. The number of nitriles is 1. The Morgan fingerprint density at radius 2 is 2.00 bits per heavy atom. The molecule has 0 aromatic carbocycles. The van der Waals surface area contributed by atoms with E-state index in [9.17, 15) is 14.9 Å². The highest BCUT2D eigenvalue weighted by molar-refractivity contribution is 5.98. The summed E-state index contributed by atoms with van der Waals surface area (Å²) >= 11 is 0. The Morgan fingerprint density at radius 1 is 1.35 bits per heavy atom. The largest absolute Gasteiger partial charge is 0.443 e. The predicted octanol–water partition coefficient (Wildman–Crippen LogP) is 1.46. The van der Waals surface area contributed by atoms with Crippen LogP contribution in [0.2, 0.25) is 0 Å². The molecule has 0 unspecified atom stereocenters. The molecule has 2 aromatic heterocycles. The van der Waals surface area contributed by atoms with Gasteiger partial charge in [0, 0.05) is 39.5 Å². The lowest BCUT2D eigenvalue weighted by Crippen LogP contribution is -2.30. The van der Waals surface area contributed by atoms with Crippen molar-refractivity contribution in [3.63, 3.8) is 0 Å². The van der Waals surface area contributed by atoms with E-state index in [0.29, 0.717) is 11.6 Å². The molecule has 0 aliphatic carbocycles. The van der Waals surface area contributed by atoms with Crippen LogP contribution in [0.1, 0.15) is 28.1 Å². The maximum Gasteiger partial charge on any atom is 0.256 e. The summed E-state index contributed by atoms with van der Waals surface area (Å²) in [5.41, 5.74) is 0.378. The van der Waals surface area contributed by atoms with Gasteiger partial charge in [-0.15, -0.1) is 0 Å². The van der Waals surface area contributed by atoms with Crippen molar-refractivity contribution in [3.8, 4) is 12.0 Å². The van der Waals surface area contributed by atoms with E-state index in [1.807, 2.05) is 6.07 Å². The first kappa shape index (κ1) is 16.4. The topological polar surface area (TPSA) is 91.3 Å². The van der Waals surface area contributed by atoms with Crippen LogP contribution in [0.5, 0.6) is 0 Å². The molecule has 0 fully saturated rings. The number of aryl methyl sites for hydroxylation is 1. The maximum absolute atomic E-state index is 12.3. The number of hydrogen-bond acceptors (Lipinski definition) is 4. The van der Waals surface area contributed by atoms with Crippen molar-refractivity contribution in [2.45, 2.75) is 13.3 Å². The second-order valence-electron chi connectivity index (χ2n) is 5.21. The van der Waals surface area contributed by atoms with Crippen molar-refractivity contribution in [1.82, 2.24) is 14.8 Å². The first-order chi connectivity index (χ1) is 11.0. The highest BCUT2D eigenvalue weighted by atomic mass is 16.4. The fourth-order valence-corrected chi connectivity index (χ4v) is 2.15. The van der Waals surface area contributed by atoms with Gasteiger partial charge in [0.2, 0.25) is 11.8 Å². The van der Waals surface area contributed by atoms with Crippen LogP contribution in [0.15, 0.2) is 28.9 Å². The summed E-state index contributed by atoms with van der Waals surface area (Å²) in [5.74, 6) is 0.168. The molecule has 2 aromatic rings. The van der Waals surface area contributed by atoms with Crippen LogP contribution in [-0.4, -0.2) is 41.9 Å². The van der Waals surface area contributed by atoms with Crippen LogP contribution < -0.4 is 5.32 Å². The number of carbonyl (C=O) groups excluding carboxylic acids is 2. The monoisotopic (exact) mass is 314 g/mol. The summed E-state index contributed by atoms with van der Waals surface area (Å²) in [5, 5.41) is 12.0. The highest BCUT2D eigenvalue weighted by Crippen LogP contribution is 2.25. The predicted molar refractivity (Wildman–Crippen MR) is 83.1 cm³/mol. The molecular formula is C16H18N4O3. The van der Waals surface area contributed by atoms with E-state index >= 15 is 0 Å². The first-order valence-electron chi connectivity index (χ1n) is 7.11. The molecule has 2 heterocycles. The maximum atomic E-state index is 12.3. The number of amides is 2. The zero-order chi connectivity index (χ0) is 17.0.